The molecule has 0 radical (unpaired) electrons. The largest absolute Gasteiger partial charge is 0.383 e. The molecule has 0 aliphatic carbocycles. The molecule has 1 aromatic rings. The van der Waals surface area contributed by atoms with E-state index in [9.17, 15) is 0 Å². The normalized spacial score (nSPS) is 9.30. The number of nitrogens with two attached hydrogens (primary N) is 1. The summed E-state index contributed by atoms with van der Waals surface area (Å²) in [7, 11) is 0. The molecule has 0 atom stereocenters. The first-order valence-corrected chi connectivity index (χ1v) is 2.95. The fourth-order valence-corrected chi connectivity index (χ4v) is 0.654. The molecule has 0 fully saturated rings. The van der Waals surface area contributed by atoms with Gasteiger partial charge in [-0.25, -0.2) is 9.97 Å². The van der Waals surface area contributed by atoms with Gasteiger partial charge in [0, 0.05) is 11.8 Å². The molecule has 0 aromatic carbocycles. The lowest BCUT2D eigenvalue weighted by Gasteiger charge is -1.97. The summed E-state index contributed by atoms with van der Waals surface area (Å²) in [6.45, 7) is 5.36. The average molecular weight is 135 g/mol. The molecule has 0 saturated heterocycles. The molecule has 0 amide bonds. The minimum Gasteiger partial charge on any atom is -0.383 e. The number of rotatable bonds is 1. The highest BCUT2D eigenvalue weighted by Crippen LogP contribution is 2.06. The predicted molar refractivity (Wildman–Crippen MR) is 41.3 cm³/mol. The molecule has 0 saturated carbocycles. The molecule has 52 valence electrons. The lowest BCUT2D eigenvalue weighted by molar-refractivity contribution is 1.06. The molecule has 1 aromatic heterocycles. The first-order valence-electron chi connectivity index (χ1n) is 2.95. The maximum atomic E-state index is 5.51. The van der Waals surface area contributed by atoms with Crippen LogP contribution in [0, 0.1) is 6.92 Å². The fourth-order valence-electron chi connectivity index (χ4n) is 0.654. The summed E-state index contributed by atoms with van der Waals surface area (Å²) < 4.78 is 0. The van der Waals surface area contributed by atoms with Crippen molar-refractivity contribution in [1.29, 1.82) is 0 Å². The smallest absolute Gasteiger partial charge is 0.134 e. The van der Waals surface area contributed by atoms with Gasteiger partial charge in [0.25, 0.3) is 0 Å². The van der Waals surface area contributed by atoms with E-state index in [0.29, 0.717) is 11.6 Å². The van der Waals surface area contributed by atoms with Gasteiger partial charge in [0.2, 0.25) is 0 Å². The van der Waals surface area contributed by atoms with E-state index in [1.165, 1.54) is 0 Å². The van der Waals surface area contributed by atoms with Gasteiger partial charge in [-0.3, -0.25) is 0 Å². The summed E-state index contributed by atoms with van der Waals surface area (Å²) in [4.78, 5) is 7.89. The van der Waals surface area contributed by atoms with Crippen LogP contribution in [0.4, 0.5) is 5.82 Å². The van der Waals surface area contributed by atoms with E-state index < -0.39 is 0 Å². The van der Waals surface area contributed by atoms with Gasteiger partial charge in [0.05, 0.1) is 0 Å². The van der Waals surface area contributed by atoms with E-state index in [-0.39, 0.29) is 0 Å². The first kappa shape index (κ1) is 6.74. The SMILES string of the molecule is C=Cc1cnc(C)nc1N. The van der Waals surface area contributed by atoms with E-state index in [0.717, 1.165) is 5.56 Å². The van der Waals surface area contributed by atoms with Crippen LogP contribution in [-0.2, 0) is 0 Å². The van der Waals surface area contributed by atoms with Gasteiger partial charge in [-0.2, -0.15) is 0 Å². The summed E-state index contributed by atoms with van der Waals surface area (Å²) in [5.41, 5.74) is 6.29. The number of aryl methyl sites for hydroxylation is 1. The van der Waals surface area contributed by atoms with Gasteiger partial charge >= 0.3 is 0 Å². The van der Waals surface area contributed by atoms with Crippen LogP contribution in [-0.4, -0.2) is 9.97 Å². The molecule has 0 unspecified atom stereocenters. The molecule has 10 heavy (non-hydrogen) atoms. The Balaban J connectivity index is 3.19. The van der Waals surface area contributed by atoms with Crippen LogP contribution in [0.1, 0.15) is 11.4 Å². The molecule has 3 nitrogen and oxygen atoms in total. The maximum Gasteiger partial charge on any atom is 0.134 e. The number of nitrogens with zero attached hydrogens (tertiary/aromatic N) is 2. The number of anilines is 1. The Bertz CT molecular complexity index is 255. The number of hydrogen-bond donors (Lipinski definition) is 1. The third kappa shape index (κ3) is 1.13. The molecule has 0 bridgehead atoms. The molecular weight excluding hydrogens is 126 g/mol. The predicted octanol–water partition coefficient (Wildman–Crippen LogP) is 1.01. The van der Waals surface area contributed by atoms with Gasteiger partial charge in [-0.15, -0.1) is 0 Å². The Morgan fingerprint density at radius 2 is 2.40 bits per heavy atom. The van der Waals surface area contributed by atoms with Gasteiger partial charge in [-0.05, 0) is 6.92 Å². The molecule has 1 heterocycles. The van der Waals surface area contributed by atoms with Crippen LogP contribution >= 0.6 is 0 Å². The zero-order valence-electron chi connectivity index (χ0n) is 5.83. The summed E-state index contributed by atoms with van der Waals surface area (Å²) in [5.74, 6) is 1.17. The standard InChI is InChI=1S/C7H9N3/c1-3-6-4-9-5(2)10-7(6)8/h3-4H,1H2,2H3,(H2,8,9,10). The quantitative estimate of drug-likeness (QED) is 0.625. The second-order valence-electron chi connectivity index (χ2n) is 1.96. The van der Waals surface area contributed by atoms with Gasteiger partial charge < -0.3 is 5.73 Å². The van der Waals surface area contributed by atoms with E-state index in [2.05, 4.69) is 16.5 Å². The highest BCUT2D eigenvalue weighted by atomic mass is 14.9. The number of nitrogen functional groups attached to an aromatic ring is 1. The number of aromatic nitrogens is 2. The molecule has 0 aliphatic rings. The first-order chi connectivity index (χ1) is 4.74. The van der Waals surface area contributed by atoms with Crippen molar-refractivity contribution in [2.24, 2.45) is 0 Å². The van der Waals surface area contributed by atoms with Crippen LogP contribution in [0.3, 0.4) is 0 Å². The lowest BCUT2D eigenvalue weighted by Crippen LogP contribution is -1.97. The zero-order valence-corrected chi connectivity index (χ0v) is 5.83. The van der Waals surface area contributed by atoms with E-state index in [1.54, 1.807) is 19.2 Å². The minimum atomic E-state index is 0.488. The second-order valence-corrected chi connectivity index (χ2v) is 1.96. The van der Waals surface area contributed by atoms with Crippen molar-refractivity contribution >= 4 is 11.9 Å². The van der Waals surface area contributed by atoms with Crippen molar-refractivity contribution in [1.82, 2.24) is 9.97 Å². The van der Waals surface area contributed by atoms with Gasteiger partial charge in [-0.1, -0.05) is 12.7 Å². The summed E-state index contributed by atoms with van der Waals surface area (Å²) in [6, 6.07) is 0. The Morgan fingerprint density at radius 1 is 1.70 bits per heavy atom. The van der Waals surface area contributed by atoms with E-state index >= 15 is 0 Å². The third-order valence-corrected chi connectivity index (χ3v) is 1.19. The van der Waals surface area contributed by atoms with E-state index in [1.807, 2.05) is 0 Å². The van der Waals surface area contributed by atoms with Crippen LogP contribution in [0.5, 0.6) is 0 Å². The number of hydrogen-bond acceptors (Lipinski definition) is 3. The van der Waals surface area contributed by atoms with Crippen molar-refractivity contribution in [2.75, 3.05) is 5.73 Å². The summed E-state index contributed by atoms with van der Waals surface area (Å²) in [5, 5.41) is 0. The van der Waals surface area contributed by atoms with Crippen molar-refractivity contribution in [3.05, 3.63) is 24.2 Å². The van der Waals surface area contributed by atoms with E-state index in [4.69, 9.17) is 5.73 Å². The van der Waals surface area contributed by atoms with Crippen LogP contribution in [0.25, 0.3) is 6.08 Å². The lowest BCUT2D eigenvalue weighted by atomic mass is 10.3. The highest BCUT2D eigenvalue weighted by Gasteiger charge is 1.94. The second kappa shape index (κ2) is 2.47. The molecule has 3 heteroatoms. The Hall–Kier alpha value is -1.38. The molecule has 1 rings (SSSR count). The van der Waals surface area contributed by atoms with Crippen molar-refractivity contribution < 1.29 is 0 Å². The van der Waals surface area contributed by atoms with Crippen molar-refractivity contribution in [3.8, 4) is 0 Å². The van der Waals surface area contributed by atoms with Crippen molar-refractivity contribution in [3.63, 3.8) is 0 Å². The van der Waals surface area contributed by atoms with Crippen LogP contribution in [0.2, 0.25) is 0 Å². The topological polar surface area (TPSA) is 51.8 Å². The molecule has 0 aliphatic heterocycles. The molecule has 2 N–H and O–H groups in total. The minimum absolute atomic E-state index is 0.488. The molecular formula is C7H9N3. The highest BCUT2D eigenvalue weighted by molar-refractivity contribution is 5.58. The van der Waals surface area contributed by atoms with Crippen molar-refractivity contribution in [2.45, 2.75) is 6.92 Å². The monoisotopic (exact) mass is 135 g/mol. The zero-order chi connectivity index (χ0) is 7.56. The Kier molecular flexibility index (Phi) is 1.67. The maximum absolute atomic E-state index is 5.51. The summed E-state index contributed by atoms with van der Waals surface area (Å²) in [6.07, 6.45) is 3.29. The molecule has 0 spiro atoms. The Labute approximate surface area is 59.6 Å². The fraction of sp³-hybridized carbons (Fsp3) is 0.143. The van der Waals surface area contributed by atoms with Crippen LogP contribution in [0.15, 0.2) is 12.8 Å². The third-order valence-electron chi connectivity index (χ3n) is 1.19. The van der Waals surface area contributed by atoms with Gasteiger partial charge in [0.15, 0.2) is 0 Å². The van der Waals surface area contributed by atoms with Gasteiger partial charge in [0.1, 0.15) is 11.6 Å². The average Bonchev–Trinajstić information content (AvgIpc) is 1.88. The van der Waals surface area contributed by atoms with Crippen LogP contribution < -0.4 is 5.73 Å². The summed E-state index contributed by atoms with van der Waals surface area (Å²) >= 11 is 0. The Morgan fingerprint density at radius 3 is 2.90 bits per heavy atom.